The average Bonchev–Trinajstić information content (AvgIpc) is 3.00. The number of amides is 1. The van der Waals surface area contributed by atoms with E-state index in [2.05, 4.69) is 4.98 Å². The molecule has 0 saturated heterocycles. The first-order valence-corrected chi connectivity index (χ1v) is 6.37. The number of rotatable bonds is 4. The lowest BCUT2D eigenvalue weighted by atomic mass is 10.1. The minimum absolute atomic E-state index is 0.0907. The zero-order valence-corrected chi connectivity index (χ0v) is 10.6. The molecule has 1 aromatic carbocycles. The van der Waals surface area contributed by atoms with Crippen molar-refractivity contribution in [3.05, 3.63) is 48.0 Å². The number of carbonyl (C=O) groups is 1. The van der Waals surface area contributed by atoms with E-state index in [1.54, 1.807) is 18.6 Å². The quantitative estimate of drug-likeness (QED) is 0.843. The summed E-state index contributed by atoms with van der Waals surface area (Å²) >= 11 is 0. The molecule has 5 heteroatoms. The van der Waals surface area contributed by atoms with Gasteiger partial charge in [-0.05, 0) is 24.1 Å². The van der Waals surface area contributed by atoms with Gasteiger partial charge in [-0.2, -0.15) is 0 Å². The number of nitrogens with two attached hydrogens (primary N) is 1. The molecule has 5 nitrogen and oxygen atoms in total. The predicted octanol–water partition coefficient (Wildman–Crippen LogP) is 1.51. The summed E-state index contributed by atoms with van der Waals surface area (Å²) in [6, 6.07) is 5.56. The Labute approximate surface area is 111 Å². The molecule has 0 aliphatic carbocycles. The van der Waals surface area contributed by atoms with Crippen molar-refractivity contribution in [3.63, 3.8) is 0 Å². The van der Waals surface area contributed by atoms with E-state index in [9.17, 15) is 4.79 Å². The summed E-state index contributed by atoms with van der Waals surface area (Å²) in [5.74, 6) is 0.0907. The van der Waals surface area contributed by atoms with Gasteiger partial charge in [-0.1, -0.05) is 6.07 Å². The molecule has 2 heterocycles. The smallest absolute Gasteiger partial charge is 0.254 e. The minimum atomic E-state index is 0.0907. The number of imidazole rings is 1. The number of hydrogen-bond acceptors (Lipinski definition) is 3. The van der Waals surface area contributed by atoms with Gasteiger partial charge in [0.05, 0.1) is 6.33 Å². The molecule has 3 rings (SSSR count). The van der Waals surface area contributed by atoms with Crippen molar-refractivity contribution in [2.24, 2.45) is 0 Å². The highest BCUT2D eigenvalue weighted by molar-refractivity contribution is 5.99. The molecule has 2 aromatic rings. The van der Waals surface area contributed by atoms with E-state index in [0.717, 1.165) is 30.6 Å². The lowest BCUT2D eigenvalue weighted by Gasteiger charge is -2.15. The van der Waals surface area contributed by atoms with Crippen LogP contribution >= 0.6 is 0 Å². The summed E-state index contributed by atoms with van der Waals surface area (Å²) in [7, 11) is 0. The van der Waals surface area contributed by atoms with E-state index in [4.69, 9.17) is 5.73 Å². The molecular formula is C14H16N4O. The van der Waals surface area contributed by atoms with Gasteiger partial charge in [0.1, 0.15) is 0 Å². The van der Waals surface area contributed by atoms with Crippen LogP contribution in [0.15, 0.2) is 36.9 Å². The van der Waals surface area contributed by atoms with E-state index in [1.165, 1.54) is 0 Å². The van der Waals surface area contributed by atoms with Gasteiger partial charge in [-0.25, -0.2) is 4.98 Å². The maximum Gasteiger partial charge on any atom is 0.254 e. The van der Waals surface area contributed by atoms with Crippen LogP contribution in [0.2, 0.25) is 0 Å². The summed E-state index contributed by atoms with van der Waals surface area (Å²) in [5, 5.41) is 0. The molecule has 98 valence electrons. The number of carbonyl (C=O) groups excluding carboxylic acids is 1. The van der Waals surface area contributed by atoms with Crippen molar-refractivity contribution in [3.8, 4) is 0 Å². The fourth-order valence-corrected chi connectivity index (χ4v) is 2.42. The van der Waals surface area contributed by atoms with Crippen LogP contribution in [0.25, 0.3) is 0 Å². The highest BCUT2D eigenvalue weighted by Gasteiger charge is 2.26. The van der Waals surface area contributed by atoms with Crippen molar-refractivity contribution in [1.29, 1.82) is 0 Å². The molecule has 19 heavy (non-hydrogen) atoms. The zero-order chi connectivity index (χ0) is 13.2. The summed E-state index contributed by atoms with van der Waals surface area (Å²) < 4.78 is 2.02. The van der Waals surface area contributed by atoms with E-state index < -0.39 is 0 Å². The predicted molar refractivity (Wildman–Crippen MR) is 72.4 cm³/mol. The number of nitrogen functional groups attached to an aromatic ring is 1. The van der Waals surface area contributed by atoms with Crippen molar-refractivity contribution >= 4 is 11.6 Å². The Morgan fingerprint density at radius 2 is 2.21 bits per heavy atom. The van der Waals surface area contributed by atoms with E-state index in [1.807, 2.05) is 27.8 Å². The zero-order valence-electron chi connectivity index (χ0n) is 10.6. The highest BCUT2D eigenvalue weighted by Crippen LogP contribution is 2.24. The van der Waals surface area contributed by atoms with Gasteiger partial charge in [0.25, 0.3) is 5.91 Å². The molecule has 0 radical (unpaired) electrons. The third-order valence-electron chi connectivity index (χ3n) is 3.42. The molecule has 0 saturated carbocycles. The second-order valence-electron chi connectivity index (χ2n) is 4.80. The van der Waals surface area contributed by atoms with Crippen molar-refractivity contribution in [1.82, 2.24) is 14.5 Å². The Morgan fingerprint density at radius 1 is 1.32 bits per heavy atom. The Kier molecular flexibility index (Phi) is 2.95. The van der Waals surface area contributed by atoms with Crippen LogP contribution in [0.1, 0.15) is 22.3 Å². The number of fused-ring (bicyclic) bond motifs is 1. The van der Waals surface area contributed by atoms with Gasteiger partial charge in [-0.15, -0.1) is 0 Å². The molecule has 0 atom stereocenters. The van der Waals surface area contributed by atoms with Crippen LogP contribution in [0, 0.1) is 0 Å². The number of aromatic nitrogens is 2. The van der Waals surface area contributed by atoms with Crippen LogP contribution in [0.5, 0.6) is 0 Å². The number of anilines is 1. The first-order chi connectivity index (χ1) is 9.24. The molecule has 0 spiro atoms. The van der Waals surface area contributed by atoms with Crippen molar-refractivity contribution in [2.45, 2.75) is 19.5 Å². The lowest BCUT2D eigenvalue weighted by molar-refractivity contribution is 0.0775. The highest BCUT2D eigenvalue weighted by atomic mass is 16.2. The van der Waals surface area contributed by atoms with Gasteiger partial charge in [-0.3, -0.25) is 4.79 Å². The average molecular weight is 256 g/mol. The topological polar surface area (TPSA) is 64.2 Å². The van der Waals surface area contributed by atoms with Crippen LogP contribution in [-0.2, 0) is 13.1 Å². The molecule has 1 aliphatic rings. The fraction of sp³-hybridized carbons (Fsp3) is 0.286. The largest absolute Gasteiger partial charge is 0.399 e. The Hall–Kier alpha value is -2.30. The maximum atomic E-state index is 12.2. The Morgan fingerprint density at radius 3 is 3.00 bits per heavy atom. The van der Waals surface area contributed by atoms with E-state index in [-0.39, 0.29) is 5.91 Å². The van der Waals surface area contributed by atoms with Crippen molar-refractivity contribution in [2.75, 3.05) is 12.3 Å². The van der Waals surface area contributed by atoms with Gasteiger partial charge < -0.3 is 15.2 Å². The number of hydrogen-bond donors (Lipinski definition) is 1. The SMILES string of the molecule is Nc1ccc2c(c1)C(=O)N(CCCn1ccnc1)C2. The molecule has 2 N–H and O–H groups in total. The monoisotopic (exact) mass is 256 g/mol. The van der Waals surface area contributed by atoms with E-state index in [0.29, 0.717) is 12.2 Å². The van der Waals surface area contributed by atoms with Crippen LogP contribution in [-0.4, -0.2) is 26.9 Å². The normalized spacial score (nSPS) is 13.9. The summed E-state index contributed by atoms with van der Waals surface area (Å²) in [6.07, 6.45) is 6.41. The van der Waals surface area contributed by atoms with Crippen LogP contribution in [0.3, 0.4) is 0 Å². The molecule has 0 bridgehead atoms. The Bertz CT molecular complexity index is 591. The Balaban J connectivity index is 1.61. The third-order valence-corrected chi connectivity index (χ3v) is 3.42. The molecule has 1 aliphatic heterocycles. The van der Waals surface area contributed by atoms with Gasteiger partial charge in [0.2, 0.25) is 0 Å². The fourth-order valence-electron chi connectivity index (χ4n) is 2.42. The summed E-state index contributed by atoms with van der Waals surface area (Å²) in [6.45, 7) is 2.33. The second-order valence-corrected chi connectivity index (χ2v) is 4.80. The van der Waals surface area contributed by atoms with E-state index >= 15 is 0 Å². The maximum absolute atomic E-state index is 12.2. The molecule has 1 amide bonds. The minimum Gasteiger partial charge on any atom is -0.399 e. The number of aryl methyl sites for hydroxylation is 1. The van der Waals surface area contributed by atoms with Crippen LogP contribution in [0.4, 0.5) is 5.69 Å². The van der Waals surface area contributed by atoms with Gasteiger partial charge in [0.15, 0.2) is 0 Å². The molecular weight excluding hydrogens is 240 g/mol. The first kappa shape index (κ1) is 11.8. The summed E-state index contributed by atoms with van der Waals surface area (Å²) in [5.41, 5.74) is 8.19. The second kappa shape index (κ2) is 4.76. The summed E-state index contributed by atoms with van der Waals surface area (Å²) in [4.78, 5) is 18.1. The lowest BCUT2D eigenvalue weighted by Crippen LogP contribution is -2.25. The van der Waals surface area contributed by atoms with Gasteiger partial charge >= 0.3 is 0 Å². The molecule has 0 fully saturated rings. The van der Waals surface area contributed by atoms with Crippen molar-refractivity contribution < 1.29 is 4.79 Å². The third kappa shape index (κ3) is 2.31. The number of nitrogens with zero attached hydrogens (tertiary/aromatic N) is 3. The molecule has 0 unspecified atom stereocenters. The van der Waals surface area contributed by atoms with Crippen LogP contribution < -0.4 is 5.73 Å². The molecule has 1 aromatic heterocycles. The van der Waals surface area contributed by atoms with Gasteiger partial charge in [0, 0.05) is 43.3 Å². The first-order valence-electron chi connectivity index (χ1n) is 6.37. The standard InChI is InChI=1S/C14H16N4O/c15-12-3-2-11-9-18(14(19)13(11)8-12)6-1-5-17-7-4-16-10-17/h2-4,7-8,10H,1,5-6,9,15H2. The number of benzene rings is 1.